The van der Waals surface area contributed by atoms with Gasteiger partial charge >= 0.3 is 0 Å². The highest BCUT2D eigenvalue weighted by Crippen LogP contribution is 2.15. The Morgan fingerprint density at radius 1 is 1.09 bits per heavy atom. The Morgan fingerprint density at radius 3 is 2.43 bits per heavy atom. The van der Waals surface area contributed by atoms with Crippen molar-refractivity contribution in [3.05, 3.63) is 59.9 Å². The topological polar surface area (TPSA) is 81.4 Å². The molecule has 120 valence electrons. The van der Waals surface area contributed by atoms with Gasteiger partial charge in [-0.3, -0.25) is 9.59 Å². The van der Waals surface area contributed by atoms with E-state index in [-0.39, 0.29) is 31.1 Å². The van der Waals surface area contributed by atoms with E-state index in [9.17, 15) is 14.0 Å². The molecule has 6 heteroatoms. The van der Waals surface area contributed by atoms with E-state index in [4.69, 9.17) is 10.5 Å². The average Bonchev–Trinajstić information content (AvgIpc) is 2.51. The molecule has 2 aromatic carbocycles. The van der Waals surface area contributed by atoms with Crippen LogP contribution >= 0.6 is 0 Å². The summed E-state index contributed by atoms with van der Waals surface area (Å²) in [6.07, 6.45) is 0.252. The third kappa shape index (κ3) is 5.43. The molecule has 0 bridgehead atoms. The number of ether oxygens (including phenoxy) is 1. The zero-order chi connectivity index (χ0) is 16.7. The van der Waals surface area contributed by atoms with Crippen LogP contribution in [-0.4, -0.2) is 18.4 Å². The van der Waals surface area contributed by atoms with Crippen LogP contribution in [0.25, 0.3) is 0 Å². The zero-order valence-corrected chi connectivity index (χ0v) is 12.4. The van der Waals surface area contributed by atoms with E-state index < -0.39 is 11.7 Å². The Hall–Kier alpha value is -2.89. The summed E-state index contributed by atoms with van der Waals surface area (Å²) < 4.78 is 18.6. The highest BCUT2D eigenvalue weighted by molar-refractivity contribution is 5.90. The van der Waals surface area contributed by atoms with Crippen LogP contribution in [0, 0.1) is 5.82 Å². The van der Waals surface area contributed by atoms with Crippen LogP contribution in [0.4, 0.5) is 10.1 Å². The van der Waals surface area contributed by atoms with Gasteiger partial charge in [0, 0.05) is 5.69 Å². The maximum atomic E-state index is 13.3. The molecule has 0 unspecified atom stereocenters. The van der Waals surface area contributed by atoms with Crippen molar-refractivity contribution in [2.24, 2.45) is 5.73 Å². The Labute approximate surface area is 133 Å². The molecular weight excluding hydrogens is 299 g/mol. The number of nitrogens with two attached hydrogens (primary N) is 1. The third-order valence-electron chi connectivity index (χ3n) is 3.04. The lowest BCUT2D eigenvalue weighted by molar-refractivity contribution is -0.118. The van der Waals surface area contributed by atoms with Crippen molar-refractivity contribution in [1.29, 1.82) is 0 Å². The number of rotatable bonds is 7. The molecule has 0 aliphatic carbocycles. The summed E-state index contributed by atoms with van der Waals surface area (Å²) >= 11 is 0. The van der Waals surface area contributed by atoms with Gasteiger partial charge in [-0.05, 0) is 29.8 Å². The maximum Gasteiger partial charge on any atom is 0.227 e. The quantitative estimate of drug-likeness (QED) is 0.822. The molecule has 5 nitrogen and oxygen atoms in total. The summed E-state index contributed by atoms with van der Waals surface area (Å²) in [7, 11) is 0. The van der Waals surface area contributed by atoms with Crippen LogP contribution in [0.1, 0.15) is 12.0 Å². The second kappa shape index (κ2) is 7.93. The first-order chi connectivity index (χ1) is 11.0. The van der Waals surface area contributed by atoms with Crippen molar-refractivity contribution in [2.45, 2.75) is 12.8 Å². The summed E-state index contributed by atoms with van der Waals surface area (Å²) in [6, 6.07) is 12.8. The third-order valence-corrected chi connectivity index (χ3v) is 3.04. The molecule has 0 aromatic heterocycles. The lowest BCUT2D eigenvalue weighted by Gasteiger charge is -2.08. The highest BCUT2D eigenvalue weighted by atomic mass is 19.1. The Kier molecular flexibility index (Phi) is 5.68. The lowest BCUT2D eigenvalue weighted by atomic mass is 10.1. The molecular formula is C17H17FN2O3. The van der Waals surface area contributed by atoms with Crippen LogP contribution < -0.4 is 15.8 Å². The van der Waals surface area contributed by atoms with Gasteiger partial charge in [-0.1, -0.05) is 24.3 Å². The van der Waals surface area contributed by atoms with Gasteiger partial charge in [0.1, 0.15) is 0 Å². The minimum atomic E-state index is -0.460. The van der Waals surface area contributed by atoms with Crippen molar-refractivity contribution in [3.8, 4) is 5.75 Å². The number of para-hydroxylation sites is 1. The van der Waals surface area contributed by atoms with E-state index in [1.165, 1.54) is 12.1 Å². The summed E-state index contributed by atoms with van der Waals surface area (Å²) in [5.41, 5.74) is 6.49. The first-order valence-electron chi connectivity index (χ1n) is 7.09. The summed E-state index contributed by atoms with van der Waals surface area (Å²) in [4.78, 5) is 22.6. The minimum Gasteiger partial charge on any atom is -0.490 e. The van der Waals surface area contributed by atoms with Gasteiger partial charge in [-0.2, -0.15) is 0 Å². The number of nitrogens with one attached hydrogen (secondary N) is 1. The number of anilines is 1. The molecule has 0 aliphatic heterocycles. The number of hydrogen-bond donors (Lipinski definition) is 2. The van der Waals surface area contributed by atoms with Crippen molar-refractivity contribution < 1.29 is 18.7 Å². The van der Waals surface area contributed by atoms with Crippen LogP contribution in [0.5, 0.6) is 5.75 Å². The first kappa shape index (κ1) is 16.5. The van der Waals surface area contributed by atoms with Gasteiger partial charge in [-0.25, -0.2) is 4.39 Å². The molecule has 0 atom stereocenters. The molecule has 0 aliphatic rings. The second-order valence-corrected chi connectivity index (χ2v) is 4.92. The Bertz CT molecular complexity index is 686. The highest BCUT2D eigenvalue weighted by Gasteiger charge is 2.06. The maximum absolute atomic E-state index is 13.3. The number of hydrogen-bond acceptors (Lipinski definition) is 3. The SMILES string of the molecule is NC(=O)Cc1ccc(NC(=O)CCOc2ccccc2F)cc1. The van der Waals surface area contributed by atoms with Crippen molar-refractivity contribution in [3.63, 3.8) is 0 Å². The van der Waals surface area contributed by atoms with Crippen molar-refractivity contribution in [1.82, 2.24) is 0 Å². The molecule has 2 amide bonds. The van der Waals surface area contributed by atoms with Gasteiger partial charge < -0.3 is 15.8 Å². The Morgan fingerprint density at radius 2 is 1.78 bits per heavy atom. The normalized spacial score (nSPS) is 10.1. The largest absolute Gasteiger partial charge is 0.490 e. The minimum absolute atomic E-state index is 0.0759. The van der Waals surface area contributed by atoms with Crippen LogP contribution in [0.15, 0.2) is 48.5 Å². The molecule has 0 saturated heterocycles. The molecule has 0 radical (unpaired) electrons. The van der Waals surface area contributed by atoms with Crippen LogP contribution in [-0.2, 0) is 16.0 Å². The molecule has 0 fully saturated rings. The van der Waals surface area contributed by atoms with Crippen molar-refractivity contribution in [2.75, 3.05) is 11.9 Å². The first-order valence-corrected chi connectivity index (χ1v) is 7.09. The molecule has 0 heterocycles. The lowest BCUT2D eigenvalue weighted by Crippen LogP contribution is -2.16. The molecule has 23 heavy (non-hydrogen) atoms. The van der Waals surface area contributed by atoms with E-state index in [0.717, 1.165) is 5.56 Å². The fourth-order valence-electron chi connectivity index (χ4n) is 1.95. The monoisotopic (exact) mass is 316 g/mol. The van der Waals surface area contributed by atoms with E-state index in [2.05, 4.69) is 5.32 Å². The molecule has 0 spiro atoms. The average molecular weight is 316 g/mol. The molecule has 3 N–H and O–H groups in total. The number of carbonyl (C=O) groups excluding carboxylic acids is 2. The number of carbonyl (C=O) groups is 2. The fraction of sp³-hybridized carbons (Fsp3) is 0.176. The molecule has 0 saturated carbocycles. The van der Waals surface area contributed by atoms with Gasteiger partial charge in [0.2, 0.25) is 11.8 Å². The fourth-order valence-corrected chi connectivity index (χ4v) is 1.95. The van der Waals surface area contributed by atoms with Gasteiger partial charge in [-0.15, -0.1) is 0 Å². The molecule has 2 aromatic rings. The van der Waals surface area contributed by atoms with Gasteiger partial charge in [0.05, 0.1) is 19.4 Å². The van der Waals surface area contributed by atoms with Gasteiger partial charge in [0.25, 0.3) is 0 Å². The summed E-state index contributed by atoms with van der Waals surface area (Å²) in [5.74, 6) is -0.995. The number of amides is 2. The van der Waals surface area contributed by atoms with Crippen molar-refractivity contribution >= 4 is 17.5 Å². The van der Waals surface area contributed by atoms with Gasteiger partial charge in [0.15, 0.2) is 11.6 Å². The second-order valence-electron chi connectivity index (χ2n) is 4.92. The number of halogens is 1. The van der Waals surface area contributed by atoms with E-state index in [1.54, 1.807) is 36.4 Å². The summed E-state index contributed by atoms with van der Waals surface area (Å²) in [5, 5.41) is 2.69. The Balaban J connectivity index is 1.78. The predicted molar refractivity (Wildman–Crippen MR) is 84.5 cm³/mol. The standard InChI is InChI=1S/C17H17FN2O3/c18-14-3-1-2-4-15(14)23-10-9-17(22)20-13-7-5-12(6-8-13)11-16(19)21/h1-8H,9-11H2,(H2,19,21)(H,20,22). The van der Waals surface area contributed by atoms with Crippen LogP contribution in [0.3, 0.4) is 0 Å². The molecule has 2 rings (SSSR count). The number of primary amides is 1. The smallest absolute Gasteiger partial charge is 0.227 e. The predicted octanol–water partition coefficient (Wildman–Crippen LogP) is 2.26. The zero-order valence-electron chi connectivity index (χ0n) is 12.4. The van der Waals surface area contributed by atoms with E-state index >= 15 is 0 Å². The van der Waals surface area contributed by atoms with Crippen LogP contribution in [0.2, 0.25) is 0 Å². The van der Waals surface area contributed by atoms with E-state index in [0.29, 0.717) is 5.69 Å². The van der Waals surface area contributed by atoms with E-state index in [1.807, 2.05) is 0 Å². The summed E-state index contributed by atoms with van der Waals surface area (Å²) in [6.45, 7) is 0.0759. The number of benzene rings is 2.